The van der Waals surface area contributed by atoms with E-state index in [-0.39, 0.29) is 23.9 Å². The lowest BCUT2D eigenvalue weighted by molar-refractivity contribution is 0.160. The minimum absolute atomic E-state index is 0.00404. The van der Waals surface area contributed by atoms with Gasteiger partial charge >= 0.3 is 6.03 Å². The molecule has 112 valence electrons. The normalized spacial score (nSPS) is 13.6. The number of hydrogen-bond acceptors (Lipinski definition) is 3. The molecule has 0 heterocycles. The summed E-state index contributed by atoms with van der Waals surface area (Å²) in [5, 5.41) is 24.1. The van der Waals surface area contributed by atoms with Crippen LogP contribution in [0.3, 0.4) is 0 Å². The Morgan fingerprint density at radius 2 is 1.95 bits per heavy atom. The number of benzene rings is 1. The molecule has 5 nitrogen and oxygen atoms in total. The highest BCUT2D eigenvalue weighted by atomic mass is 16.3. The number of aliphatic hydroxyl groups excluding tert-OH is 1. The lowest BCUT2D eigenvalue weighted by Crippen LogP contribution is -2.42. The second-order valence-corrected chi connectivity index (χ2v) is 5.02. The number of nitrogens with one attached hydrogen (secondary N) is 2. The SMILES string of the molecule is CCC(O)CCNC(=O)NC(C)Cc1ccc(O)cc1. The molecule has 0 saturated heterocycles. The first-order valence-corrected chi connectivity index (χ1v) is 7.01. The van der Waals surface area contributed by atoms with Crippen LogP contribution >= 0.6 is 0 Å². The highest BCUT2D eigenvalue weighted by Crippen LogP contribution is 2.11. The molecule has 0 spiro atoms. The van der Waals surface area contributed by atoms with E-state index < -0.39 is 0 Å². The summed E-state index contributed by atoms with van der Waals surface area (Å²) in [4.78, 5) is 11.6. The maximum atomic E-state index is 11.6. The summed E-state index contributed by atoms with van der Waals surface area (Å²) >= 11 is 0. The van der Waals surface area contributed by atoms with E-state index in [1.165, 1.54) is 0 Å². The average molecular weight is 280 g/mol. The van der Waals surface area contributed by atoms with Crippen molar-refractivity contribution in [1.29, 1.82) is 0 Å². The smallest absolute Gasteiger partial charge is 0.315 e. The van der Waals surface area contributed by atoms with E-state index in [1.54, 1.807) is 12.1 Å². The van der Waals surface area contributed by atoms with Gasteiger partial charge in [-0.1, -0.05) is 19.1 Å². The molecule has 2 amide bonds. The van der Waals surface area contributed by atoms with Gasteiger partial charge in [0.05, 0.1) is 6.10 Å². The first-order valence-electron chi connectivity index (χ1n) is 7.01. The number of aromatic hydroxyl groups is 1. The average Bonchev–Trinajstić information content (AvgIpc) is 2.41. The number of amides is 2. The number of phenols is 1. The predicted octanol–water partition coefficient (Wildman–Crippen LogP) is 1.78. The van der Waals surface area contributed by atoms with E-state index in [1.807, 2.05) is 26.0 Å². The fraction of sp³-hybridized carbons (Fsp3) is 0.533. The molecule has 0 bridgehead atoms. The summed E-state index contributed by atoms with van der Waals surface area (Å²) in [6.07, 6.45) is 1.60. The molecule has 0 aliphatic carbocycles. The molecule has 0 aliphatic heterocycles. The van der Waals surface area contributed by atoms with Crippen LogP contribution in [0.5, 0.6) is 5.75 Å². The van der Waals surface area contributed by atoms with Gasteiger partial charge in [0.1, 0.15) is 5.75 Å². The van der Waals surface area contributed by atoms with Crippen LogP contribution in [-0.2, 0) is 6.42 Å². The van der Waals surface area contributed by atoms with Crippen molar-refractivity contribution in [1.82, 2.24) is 10.6 Å². The van der Waals surface area contributed by atoms with Crippen molar-refractivity contribution in [3.8, 4) is 5.75 Å². The Labute approximate surface area is 120 Å². The van der Waals surface area contributed by atoms with Gasteiger partial charge in [0, 0.05) is 12.6 Å². The molecule has 2 atom stereocenters. The van der Waals surface area contributed by atoms with Gasteiger partial charge in [0.2, 0.25) is 0 Å². The minimum atomic E-state index is -0.357. The zero-order valence-corrected chi connectivity index (χ0v) is 12.1. The monoisotopic (exact) mass is 280 g/mol. The van der Waals surface area contributed by atoms with Crippen molar-refractivity contribution < 1.29 is 15.0 Å². The topological polar surface area (TPSA) is 81.6 Å². The molecule has 0 fully saturated rings. The molecular formula is C15H24N2O3. The summed E-state index contributed by atoms with van der Waals surface area (Å²) in [5.41, 5.74) is 1.05. The molecule has 20 heavy (non-hydrogen) atoms. The Hall–Kier alpha value is -1.75. The number of urea groups is 1. The molecule has 2 unspecified atom stereocenters. The third-order valence-corrected chi connectivity index (χ3v) is 3.09. The Balaban J connectivity index is 2.25. The van der Waals surface area contributed by atoms with E-state index in [4.69, 9.17) is 0 Å². The maximum Gasteiger partial charge on any atom is 0.315 e. The van der Waals surface area contributed by atoms with Crippen LogP contribution in [0.25, 0.3) is 0 Å². The van der Waals surface area contributed by atoms with Gasteiger partial charge in [-0.15, -0.1) is 0 Å². The van der Waals surface area contributed by atoms with Crippen LogP contribution in [-0.4, -0.2) is 34.9 Å². The first kappa shape index (κ1) is 16.3. The van der Waals surface area contributed by atoms with Crippen LogP contribution < -0.4 is 10.6 Å². The number of phenolic OH excluding ortho intramolecular Hbond substituents is 1. The van der Waals surface area contributed by atoms with E-state index in [0.717, 1.165) is 5.56 Å². The van der Waals surface area contributed by atoms with E-state index in [2.05, 4.69) is 10.6 Å². The molecule has 1 aromatic rings. The zero-order chi connectivity index (χ0) is 15.0. The van der Waals surface area contributed by atoms with Crippen LogP contribution in [0.4, 0.5) is 4.79 Å². The minimum Gasteiger partial charge on any atom is -0.508 e. The number of aliphatic hydroxyl groups is 1. The number of hydrogen-bond donors (Lipinski definition) is 4. The van der Waals surface area contributed by atoms with E-state index in [9.17, 15) is 15.0 Å². The van der Waals surface area contributed by atoms with Crippen molar-refractivity contribution in [2.24, 2.45) is 0 Å². The van der Waals surface area contributed by atoms with Crippen LogP contribution in [0.15, 0.2) is 24.3 Å². The van der Waals surface area contributed by atoms with Crippen molar-refractivity contribution >= 4 is 6.03 Å². The van der Waals surface area contributed by atoms with Crippen molar-refractivity contribution in [2.45, 2.75) is 45.3 Å². The molecule has 0 aromatic heterocycles. The Kier molecular flexibility index (Phi) is 6.87. The Morgan fingerprint density at radius 3 is 2.55 bits per heavy atom. The van der Waals surface area contributed by atoms with Crippen LogP contribution in [0, 0.1) is 0 Å². The molecule has 5 heteroatoms. The third-order valence-electron chi connectivity index (χ3n) is 3.09. The van der Waals surface area contributed by atoms with Crippen molar-refractivity contribution in [3.05, 3.63) is 29.8 Å². The fourth-order valence-corrected chi connectivity index (χ4v) is 1.87. The molecular weight excluding hydrogens is 256 g/mol. The quantitative estimate of drug-likeness (QED) is 0.614. The zero-order valence-electron chi connectivity index (χ0n) is 12.1. The molecule has 1 rings (SSSR count). The third kappa shape index (κ3) is 6.43. The van der Waals surface area contributed by atoms with E-state index >= 15 is 0 Å². The summed E-state index contributed by atoms with van der Waals surface area (Å²) in [5.74, 6) is 0.238. The fourth-order valence-electron chi connectivity index (χ4n) is 1.87. The van der Waals surface area contributed by atoms with Gasteiger partial charge in [-0.25, -0.2) is 4.79 Å². The summed E-state index contributed by atoms with van der Waals surface area (Å²) < 4.78 is 0. The largest absolute Gasteiger partial charge is 0.508 e. The second kappa shape index (κ2) is 8.43. The molecule has 0 aliphatic rings. The lowest BCUT2D eigenvalue weighted by atomic mass is 10.1. The summed E-state index contributed by atoms with van der Waals surface area (Å²) in [7, 11) is 0. The summed E-state index contributed by atoms with van der Waals surface area (Å²) in [6.45, 7) is 4.30. The highest BCUT2D eigenvalue weighted by molar-refractivity contribution is 5.74. The van der Waals surface area contributed by atoms with Crippen molar-refractivity contribution in [2.75, 3.05) is 6.54 Å². The molecule has 0 saturated carbocycles. The van der Waals surface area contributed by atoms with Gasteiger partial charge < -0.3 is 20.8 Å². The standard InChI is InChI=1S/C15H24N2O3/c1-3-13(18)8-9-16-15(20)17-11(2)10-12-4-6-14(19)7-5-12/h4-7,11,13,18-19H,3,8-10H2,1-2H3,(H2,16,17,20). The molecule has 0 radical (unpaired) electrons. The number of carbonyl (C=O) groups is 1. The van der Waals surface area contributed by atoms with Gasteiger partial charge in [0.25, 0.3) is 0 Å². The predicted molar refractivity (Wildman–Crippen MR) is 78.7 cm³/mol. The van der Waals surface area contributed by atoms with Crippen molar-refractivity contribution in [3.63, 3.8) is 0 Å². The molecule has 4 N–H and O–H groups in total. The maximum absolute atomic E-state index is 11.6. The van der Waals surface area contributed by atoms with Gasteiger partial charge in [0.15, 0.2) is 0 Å². The van der Waals surface area contributed by atoms with Gasteiger partial charge in [-0.05, 0) is 43.9 Å². The molecule has 1 aromatic carbocycles. The number of rotatable bonds is 7. The number of carbonyl (C=O) groups excluding carboxylic acids is 1. The van der Waals surface area contributed by atoms with Crippen LogP contribution in [0.1, 0.15) is 32.3 Å². The highest BCUT2D eigenvalue weighted by Gasteiger charge is 2.08. The lowest BCUT2D eigenvalue weighted by Gasteiger charge is -2.15. The van der Waals surface area contributed by atoms with E-state index in [0.29, 0.717) is 25.8 Å². The summed E-state index contributed by atoms with van der Waals surface area (Å²) in [6, 6.07) is 6.71. The van der Waals surface area contributed by atoms with Gasteiger partial charge in [-0.2, -0.15) is 0 Å². The Bertz CT molecular complexity index is 406. The van der Waals surface area contributed by atoms with Gasteiger partial charge in [-0.3, -0.25) is 0 Å². The Morgan fingerprint density at radius 1 is 1.30 bits per heavy atom. The first-order chi connectivity index (χ1) is 9.51. The van der Waals surface area contributed by atoms with Crippen LogP contribution in [0.2, 0.25) is 0 Å². The second-order valence-electron chi connectivity index (χ2n) is 5.02.